The van der Waals surface area contributed by atoms with E-state index in [-0.39, 0.29) is 5.43 Å². The smallest absolute Gasteiger partial charge is 0.182 e. The Hall–Kier alpha value is -2.39. The zero-order chi connectivity index (χ0) is 13.9. The highest BCUT2D eigenvalue weighted by atomic mass is 16.3. The van der Waals surface area contributed by atoms with Gasteiger partial charge in [0.1, 0.15) is 17.2 Å². The minimum atomic E-state index is -0.0214. The molecule has 1 aromatic rings. The third-order valence-corrected chi connectivity index (χ3v) is 4.08. The normalized spacial score (nSPS) is 12.5. The van der Waals surface area contributed by atoms with Gasteiger partial charge in [0.25, 0.3) is 0 Å². The summed E-state index contributed by atoms with van der Waals surface area (Å²) >= 11 is 0. The van der Waals surface area contributed by atoms with Crippen LogP contribution in [-0.2, 0) is 6.42 Å². The van der Waals surface area contributed by atoms with E-state index in [1.165, 1.54) is 16.7 Å². The summed E-state index contributed by atoms with van der Waals surface area (Å²) in [5, 5.41) is 0. The lowest BCUT2D eigenvalue weighted by atomic mass is 9.99. The second-order valence-corrected chi connectivity index (χ2v) is 5.36. The average Bonchev–Trinajstić information content (AvgIpc) is 2.76. The van der Waals surface area contributed by atoms with Gasteiger partial charge in [-0.25, -0.2) is 0 Å². The summed E-state index contributed by atoms with van der Waals surface area (Å²) < 4.78 is 6.01. The van der Waals surface area contributed by atoms with Crippen LogP contribution in [0.25, 0.3) is 22.6 Å². The van der Waals surface area contributed by atoms with Gasteiger partial charge in [-0.2, -0.15) is 0 Å². The predicted molar refractivity (Wildman–Crippen MR) is 77.1 cm³/mol. The Kier molecular flexibility index (Phi) is 2.18. The fourth-order valence-corrected chi connectivity index (χ4v) is 3.04. The van der Waals surface area contributed by atoms with Gasteiger partial charge in [0.2, 0.25) is 0 Å². The Morgan fingerprint density at radius 3 is 2.75 bits per heavy atom. The van der Waals surface area contributed by atoms with Gasteiger partial charge in [0.15, 0.2) is 5.43 Å². The van der Waals surface area contributed by atoms with Crippen molar-refractivity contribution < 1.29 is 10.2 Å². The third-order valence-electron chi connectivity index (χ3n) is 4.08. The lowest BCUT2D eigenvalue weighted by molar-refractivity contribution is -0.254. The quantitative estimate of drug-likeness (QED) is 0.530. The number of fused-ring (bicyclic) bond motifs is 4. The van der Waals surface area contributed by atoms with Crippen LogP contribution in [0.2, 0.25) is 0 Å². The lowest BCUT2D eigenvalue weighted by Crippen LogP contribution is -2.40. The van der Waals surface area contributed by atoms with E-state index in [1.54, 1.807) is 12.1 Å². The van der Waals surface area contributed by atoms with E-state index in [1.807, 2.05) is 12.1 Å². The van der Waals surface area contributed by atoms with Crippen molar-refractivity contribution in [3.05, 3.63) is 63.3 Å². The number of hydrogen-bond donors (Lipinski definition) is 1. The minimum absolute atomic E-state index is 0.0214. The van der Waals surface area contributed by atoms with Crippen LogP contribution in [-0.4, -0.2) is 0 Å². The van der Waals surface area contributed by atoms with E-state index in [4.69, 9.17) is 4.42 Å². The van der Waals surface area contributed by atoms with E-state index >= 15 is 0 Å². The Bertz CT molecular complexity index is 877. The Morgan fingerprint density at radius 1 is 1.10 bits per heavy atom. The molecule has 2 aliphatic carbocycles. The summed E-state index contributed by atoms with van der Waals surface area (Å²) in [4.78, 5) is 11.5. The minimum Gasteiger partial charge on any atom is -0.456 e. The molecule has 0 unspecified atom stereocenters. The van der Waals surface area contributed by atoms with Gasteiger partial charge < -0.3 is 10.2 Å². The van der Waals surface area contributed by atoms with Gasteiger partial charge in [0, 0.05) is 35.2 Å². The molecule has 1 aromatic carbocycles. The highest BCUT2D eigenvalue weighted by molar-refractivity contribution is 5.79. The molecule has 3 nitrogen and oxygen atoms in total. The first-order valence-corrected chi connectivity index (χ1v) is 6.65. The van der Waals surface area contributed by atoms with Crippen LogP contribution < -0.4 is 11.2 Å². The molecule has 3 N–H and O–H groups in total. The predicted octanol–water partition coefficient (Wildman–Crippen LogP) is 2.50. The van der Waals surface area contributed by atoms with E-state index in [2.05, 4.69) is 24.8 Å². The van der Waals surface area contributed by atoms with Crippen molar-refractivity contribution in [1.29, 1.82) is 0 Å². The molecule has 0 amide bonds. The molecule has 0 fully saturated rings. The topological polar surface area (TPSA) is 57.9 Å². The highest BCUT2D eigenvalue weighted by Gasteiger charge is 2.26. The Balaban J connectivity index is 2.08. The van der Waals surface area contributed by atoms with Crippen LogP contribution in [0.5, 0.6) is 0 Å². The van der Waals surface area contributed by atoms with Crippen LogP contribution in [0.4, 0.5) is 5.69 Å². The Morgan fingerprint density at radius 2 is 1.90 bits per heavy atom. The van der Waals surface area contributed by atoms with Gasteiger partial charge in [-0.15, -0.1) is 0 Å². The van der Waals surface area contributed by atoms with Crippen LogP contribution in [0.3, 0.4) is 0 Å². The van der Waals surface area contributed by atoms with Gasteiger partial charge in [-0.1, -0.05) is 0 Å². The van der Waals surface area contributed by atoms with Gasteiger partial charge in [0.05, 0.1) is 0 Å². The molecule has 1 heterocycles. The molecule has 0 radical (unpaired) electrons. The number of rotatable bonds is 0. The summed E-state index contributed by atoms with van der Waals surface area (Å²) in [6, 6.07) is 11.2. The van der Waals surface area contributed by atoms with E-state index < -0.39 is 0 Å². The fourth-order valence-electron chi connectivity index (χ4n) is 3.04. The van der Waals surface area contributed by atoms with Crippen LogP contribution in [0.1, 0.15) is 16.7 Å². The van der Waals surface area contributed by atoms with Crippen LogP contribution in [0, 0.1) is 6.92 Å². The lowest BCUT2D eigenvalue weighted by Gasteiger charge is -2.12. The van der Waals surface area contributed by atoms with Gasteiger partial charge in [-0.3, -0.25) is 4.79 Å². The summed E-state index contributed by atoms with van der Waals surface area (Å²) in [5.74, 6) is 1.57. The van der Waals surface area contributed by atoms with Gasteiger partial charge in [-0.05, 0) is 42.3 Å². The molecular weight excluding hydrogens is 250 g/mol. The molecule has 1 aliphatic heterocycles. The fraction of sp³-hybridized carbons (Fsp3) is 0.118. The molecule has 0 saturated heterocycles. The third kappa shape index (κ3) is 1.47. The summed E-state index contributed by atoms with van der Waals surface area (Å²) in [6.45, 7) is 2.10. The standard InChI is InChI=1S/C17H13NO2/c1-9-13-5-3-12(19)8-16(13)20-17-14-4-2-11(18)6-10(14)7-15(9)17/h2-6,8H,7,18H2,1H3/p+1. The highest BCUT2D eigenvalue weighted by Crippen LogP contribution is 2.43. The van der Waals surface area contributed by atoms with E-state index in [0.717, 1.165) is 29.0 Å². The Labute approximate surface area is 116 Å². The molecular formula is C17H14NO2+. The molecule has 0 saturated carbocycles. The van der Waals surface area contributed by atoms with Crippen LogP contribution in [0.15, 0.2) is 45.6 Å². The first-order valence-electron chi connectivity index (χ1n) is 6.65. The molecule has 4 rings (SSSR count). The number of quaternary nitrogens is 1. The van der Waals surface area contributed by atoms with Gasteiger partial charge >= 0.3 is 0 Å². The molecule has 0 aromatic heterocycles. The summed E-state index contributed by atoms with van der Waals surface area (Å²) in [7, 11) is 0. The first kappa shape index (κ1) is 11.4. The maximum Gasteiger partial charge on any atom is 0.182 e. The second kappa shape index (κ2) is 3.81. The molecule has 0 bridgehead atoms. The van der Waals surface area contributed by atoms with Crippen molar-refractivity contribution in [3.8, 4) is 22.6 Å². The van der Waals surface area contributed by atoms with Crippen molar-refractivity contribution in [2.24, 2.45) is 0 Å². The molecule has 20 heavy (non-hydrogen) atoms. The first-order chi connectivity index (χ1) is 9.63. The van der Waals surface area contributed by atoms with Crippen molar-refractivity contribution in [3.63, 3.8) is 0 Å². The van der Waals surface area contributed by atoms with Crippen molar-refractivity contribution in [1.82, 2.24) is 0 Å². The summed E-state index contributed by atoms with van der Waals surface area (Å²) in [5.41, 5.74) is 10.8. The molecule has 98 valence electrons. The maximum atomic E-state index is 11.5. The van der Waals surface area contributed by atoms with Crippen molar-refractivity contribution in [2.75, 3.05) is 0 Å². The molecule has 3 heteroatoms. The van der Waals surface area contributed by atoms with Crippen molar-refractivity contribution in [2.45, 2.75) is 13.3 Å². The second-order valence-electron chi connectivity index (χ2n) is 5.36. The van der Waals surface area contributed by atoms with Crippen molar-refractivity contribution >= 4 is 5.69 Å². The number of benzene rings is 2. The molecule has 0 spiro atoms. The average molecular weight is 264 g/mol. The number of hydrogen-bond acceptors (Lipinski definition) is 2. The zero-order valence-electron chi connectivity index (χ0n) is 11.2. The van der Waals surface area contributed by atoms with E-state index in [0.29, 0.717) is 5.76 Å². The summed E-state index contributed by atoms with van der Waals surface area (Å²) in [6.07, 6.45) is 0.873. The van der Waals surface area contributed by atoms with Crippen LogP contribution >= 0.6 is 0 Å². The molecule has 0 atom stereocenters. The zero-order valence-corrected chi connectivity index (χ0v) is 11.2. The van der Waals surface area contributed by atoms with E-state index in [9.17, 15) is 4.79 Å². The monoisotopic (exact) mass is 264 g/mol. The molecule has 3 aliphatic rings. The largest absolute Gasteiger partial charge is 0.456 e. The maximum absolute atomic E-state index is 11.5. The SMILES string of the molecule is Cc1c2ccc(=O)cc-2oc2c1Cc1cc([NH3+])ccc1-2.